The zero-order chi connectivity index (χ0) is 24.1. The number of hydrogen-bond donors (Lipinski definition) is 1. The number of benzene rings is 1. The molecule has 4 rings (SSSR count). The Balaban J connectivity index is 1.46. The molecular weight excluding hydrogens is 460 g/mol. The first kappa shape index (κ1) is 24.6. The highest BCUT2D eigenvalue weighted by Gasteiger charge is 2.33. The monoisotopic (exact) mass is 492 g/mol. The Bertz CT molecular complexity index is 1070. The Morgan fingerprint density at radius 1 is 1.21 bits per heavy atom. The van der Waals surface area contributed by atoms with E-state index in [2.05, 4.69) is 65.7 Å². The molecule has 6 heteroatoms. The highest BCUT2D eigenvalue weighted by molar-refractivity contribution is 8.14. The summed E-state index contributed by atoms with van der Waals surface area (Å²) in [6, 6.07) is 10.5. The Morgan fingerprint density at radius 3 is 2.62 bits per heavy atom. The lowest BCUT2D eigenvalue weighted by Gasteiger charge is -2.40. The van der Waals surface area contributed by atoms with E-state index in [4.69, 9.17) is 16.6 Å². The van der Waals surface area contributed by atoms with Crippen molar-refractivity contribution < 1.29 is 0 Å². The van der Waals surface area contributed by atoms with Gasteiger partial charge in [-0.1, -0.05) is 80.4 Å². The molecule has 3 aliphatic rings. The maximum absolute atomic E-state index is 5.90. The predicted octanol–water partition coefficient (Wildman–Crippen LogP) is 6.59. The first-order valence-electron chi connectivity index (χ1n) is 11.8. The first-order valence-corrected chi connectivity index (χ1v) is 13.0. The molecule has 0 aromatic heterocycles. The van der Waals surface area contributed by atoms with E-state index >= 15 is 0 Å². The van der Waals surface area contributed by atoms with Gasteiger partial charge in [-0.15, -0.1) is 0 Å². The summed E-state index contributed by atoms with van der Waals surface area (Å²) in [5.74, 6) is 0. The summed E-state index contributed by atoms with van der Waals surface area (Å²) in [4.78, 5) is 9.74. The molecule has 1 aromatic carbocycles. The lowest BCUT2D eigenvalue weighted by Crippen LogP contribution is -2.41. The van der Waals surface area contributed by atoms with Crippen molar-refractivity contribution in [3.8, 4) is 0 Å². The van der Waals surface area contributed by atoms with Gasteiger partial charge in [0.05, 0.1) is 5.70 Å². The lowest BCUT2D eigenvalue weighted by molar-refractivity contribution is 0.348. The van der Waals surface area contributed by atoms with Crippen molar-refractivity contribution in [3.05, 3.63) is 102 Å². The van der Waals surface area contributed by atoms with Gasteiger partial charge in [0.15, 0.2) is 5.17 Å². The van der Waals surface area contributed by atoms with Crippen LogP contribution in [0.3, 0.4) is 0 Å². The summed E-state index contributed by atoms with van der Waals surface area (Å²) in [5.41, 5.74) is 6.58. The lowest BCUT2D eigenvalue weighted by atomic mass is 10.00. The number of nitrogens with zero attached hydrogens (tertiary/aromatic N) is 3. The molecule has 1 aliphatic carbocycles. The normalized spacial score (nSPS) is 18.9. The second kappa shape index (κ2) is 11.3. The Labute approximate surface area is 213 Å². The van der Waals surface area contributed by atoms with Crippen molar-refractivity contribution in [1.29, 1.82) is 0 Å². The number of allylic oxidation sites excluding steroid dienone is 2. The second-order valence-corrected chi connectivity index (χ2v) is 10.6. The van der Waals surface area contributed by atoms with Crippen LogP contribution in [0.15, 0.2) is 107 Å². The molecule has 0 unspecified atom stereocenters. The molecule has 1 aromatic rings. The number of rotatable bonds is 9. The summed E-state index contributed by atoms with van der Waals surface area (Å²) in [7, 11) is 0. The van der Waals surface area contributed by atoms with Gasteiger partial charge in [0, 0.05) is 65.5 Å². The van der Waals surface area contributed by atoms with Gasteiger partial charge < -0.3 is 10.2 Å². The molecule has 1 saturated carbocycles. The maximum Gasteiger partial charge on any atom is 0.173 e. The predicted molar refractivity (Wildman–Crippen MR) is 149 cm³/mol. The van der Waals surface area contributed by atoms with Gasteiger partial charge in [-0.05, 0) is 36.6 Å². The van der Waals surface area contributed by atoms with Gasteiger partial charge in [0.1, 0.15) is 0 Å². The van der Waals surface area contributed by atoms with Crippen molar-refractivity contribution in [3.63, 3.8) is 0 Å². The number of nitrogens with one attached hydrogen (secondary N) is 1. The van der Waals surface area contributed by atoms with E-state index in [0.29, 0.717) is 23.4 Å². The van der Waals surface area contributed by atoms with Gasteiger partial charge in [0.25, 0.3) is 0 Å². The van der Waals surface area contributed by atoms with Gasteiger partial charge in [-0.3, -0.25) is 4.90 Å². The van der Waals surface area contributed by atoms with Crippen molar-refractivity contribution in [2.24, 2.45) is 4.99 Å². The molecule has 4 nitrogen and oxygen atoms in total. The number of halogens is 1. The van der Waals surface area contributed by atoms with E-state index in [0.717, 1.165) is 47.3 Å². The van der Waals surface area contributed by atoms with E-state index in [1.54, 1.807) is 6.08 Å². The number of aliphatic imine (C=N–C) groups is 1. The molecule has 1 fully saturated rings. The highest BCUT2D eigenvalue weighted by Crippen LogP contribution is 2.41. The maximum atomic E-state index is 5.90. The fourth-order valence-corrected chi connectivity index (χ4v) is 5.72. The molecule has 2 heterocycles. The molecular formula is C28H33ClN4S. The number of hydrogen-bond acceptors (Lipinski definition) is 5. The third kappa shape index (κ3) is 5.77. The second-order valence-electron chi connectivity index (χ2n) is 8.82. The largest absolute Gasteiger partial charge is 0.369 e. The number of para-hydroxylation sites is 1. The van der Waals surface area contributed by atoms with E-state index in [-0.39, 0.29) is 0 Å². The van der Waals surface area contributed by atoms with Gasteiger partial charge in [-0.25, -0.2) is 4.99 Å². The summed E-state index contributed by atoms with van der Waals surface area (Å²) < 4.78 is 0. The summed E-state index contributed by atoms with van der Waals surface area (Å²) >= 11 is 7.80. The molecule has 0 spiro atoms. The van der Waals surface area contributed by atoms with Crippen LogP contribution in [0.1, 0.15) is 25.7 Å². The van der Waals surface area contributed by atoms with Crippen LogP contribution < -0.4 is 10.2 Å². The quantitative estimate of drug-likeness (QED) is 0.394. The zero-order valence-electron chi connectivity index (χ0n) is 19.7. The SMILES string of the molecule is C=C/C(=C\C(=C)Cl)CNCC(=C)N1CCC2=C(C1)C(=C)N(c1ccccc1)C(SC1CCC1)=N2. The highest BCUT2D eigenvalue weighted by atomic mass is 35.5. The standard InChI is InChI=1S/C28H33ClN4S/c1-5-23(16-20(2)29)18-30-17-21(3)32-15-14-27-26(19-32)22(4)33(24-10-7-6-8-11-24)28(31-27)34-25-12-9-13-25/h5-8,10-11,16,25,30H,1-4,9,12-15,17-19H2/b23-16+. The minimum Gasteiger partial charge on any atom is -0.369 e. The molecule has 0 amide bonds. The Hall–Kier alpha value is -2.47. The molecule has 0 atom stereocenters. The van der Waals surface area contributed by atoms with E-state index < -0.39 is 0 Å². The van der Waals surface area contributed by atoms with Crippen molar-refractivity contribution in [2.75, 3.05) is 31.1 Å². The van der Waals surface area contributed by atoms with E-state index in [9.17, 15) is 0 Å². The van der Waals surface area contributed by atoms with Crippen LogP contribution in [0.4, 0.5) is 5.69 Å². The zero-order valence-corrected chi connectivity index (χ0v) is 21.3. The minimum atomic E-state index is 0.500. The first-order chi connectivity index (χ1) is 16.5. The van der Waals surface area contributed by atoms with E-state index in [1.165, 1.54) is 30.5 Å². The smallest absolute Gasteiger partial charge is 0.173 e. The van der Waals surface area contributed by atoms with E-state index in [1.807, 2.05) is 23.9 Å². The Morgan fingerprint density at radius 2 is 1.97 bits per heavy atom. The van der Waals surface area contributed by atoms with Crippen LogP contribution in [-0.2, 0) is 0 Å². The van der Waals surface area contributed by atoms with Crippen molar-refractivity contribution in [2.45, 2.75) is 30.9 Å². The third-order valence-corrected chi connectivity index (χ3v) is 7.80. The molecule has 1 N–H and O–H groups in total. The molecule has 0 bridgehead atoms. The van der Waals surface area contributed by atoms with Crippen LogP contribution in [0, 0.1) is 0 Å². The molecule has 34 heavy (non-hydrogen) atoms. The average molecular weight is 493 g/mol. The fourth-order valence-electron chi connectivity index (χ4n) is 4.23. The number of amidine groups is 1. The summed E-state index contributed by atoms with van der Waals surface area (Å²) in [6.07, 6.45) is 8.38. The van der Waals surface area contributed by atoms with Crippen molar-refractivity contribution >= 4 is 34.2 Å². The van der Waals surface area contributed by atoms with Crippen molar-refractivity contribution in [1.82, 2.24) is 10.2 Å². The minimum absolute atomic E-state index is 0.500. The van der Waals surface area contributed by atoms with Crippen LogP contribution in [0.2, 0.25) is 0 Å². The molecule has 178 valence electrons. The topological polar surface area (TPSA) is 30.9 Å². The number of thioether (sulfide) groups is 1. The van der Waals surface area contributed by atoms with Gasteiger partial charge in [-0.2, -0.15) is 0 Å². The summed E-state index contributed by atoms with van der Waals surface area (Å²) in [6.45, 7) is 19.5. The molecule has 0 radical (unpaired) electrons. The molecule has 2 aliphatic heterocycles. The van der Waals surface area contributed by atoms with Crippen LogP contribution in [0.5, 0.6) is 0 Å². The van der Waals surface area contributed by atoms with Crippen LogP contribution >= 0.6 is 23.4 Å². The number of anilines is 1. The van der Waals surface area contributed by atoms with Crippen LogP contribution in [0.25, 0.3) is 0 Å². The van der Waals surface area contributed by atoms with Gasteiger partial charge >= 0.3 is 0 Å². The fraction of sp³-hybridized carbons (Fsp3) is 0.321. The average Bonchev–Trinajstić information content (AvgIpc) is 2.81. The Kier molecular flexibility index (Phi) is 8.19. The third-order valence-electron chi connectivity index (χ3n) is 6.40. The molecule has 0 saturated heterocycles. The van der Waals surface area contributed by atoms with Crippen LogP contribution in [-0.4, -0.2) is 41.5 Å². The van der Waals surface area contributed by atoms with Gasteiger partial charge in [0.2, 0.25) is 0 Å². The summed E-state index contributed by atoms with van der Waals surface area (Å²) in [5, 5.41) is 5.67.